The van der Waals surface area contributed by atoms with Crippen LogP contribution in [0.4, 0.5) is 10.8 Å². The quantitative estimate of drug-likeness (QED) is 0.731. The number of nitrogens with zero attached hydrogens (tertiary/aromatic N) is 1. The van der Waals surface area contributed by atoms with Gasteiger partial charge in [0.05, 0.1) is 4.90 Å². The molecule has 1 N–H and O–H groups in total. The van der Waals surface area contributed by atoms with Gasteiger partial charge in [-0.2, -0.15) is 15.6 Å². The number of carbonyl (C=O) groups excluding carboxylic acids is 1. The lowest BCUT2D eigenvalue weighted by molar-refractivity contribution is 0.00578. The Labute approximate surface area is 161 Å². The van der Waals surface area contributed by atoms with Gasteiger partial charge in [-0.3, -0.25) is 8.37 Å². The van der Waals surface area contributed by atoms with Crippen molar-refractivity contribution in [2.45, 2.75) is 70.2 Å². The Kier molecular flexibility index (Phi) is 4.53. The van der Waals surface area contributed by atoms with Crippen molar-refractivity contribution < 1.29 is 22.3 Å². The first-order valence-electron chi connectivity index (χ1n) is 8.81. The third-order valence-corrected chi connectivity index (χ3v) is 7.16. The zero-order valence-corrected chi connectivity index (χ0v) is 17.9. The van der Waals surface area contributed by atoms with Gasteiger partial charge in [0.2, 0.25) is 0 Å². The second kappa shape index (κ2) is 6.12. The van der Waals surface area contributed by atoms with Crippen LogP contribution in [0.2, 0.25) is 0 Å². The summed E-state index contributed by atoms with van der Waals surface area (Å²) in [5.41, 5.74) is -0.266. The number of aromatic nitrogens is 1. The predicted molar refractivity (Wildman–Crippen MR) is 106 cm³/mol. The monoisotopic (exact) mass is 396 g/mol. The molecule has 2 aromatic rings. The van der Waals surface area contributed by atoms with Gasteiger partial charge in [0.1, 0.15) is 22.3 Å². The molecule has 1 amide bonds. The number of rotatable bonds is 2. The van der Waals surface area contributed by atoms with E-state index in [2.05, 4.69) is 10.3 Å². The summed E-state index contributed by atoms with van der Waals surface area (Å²) >= 11 is 0. The summed E-state index contributed by atoms with van der Waals surface area (Å²) in [6, 6.07) is 5.70. The highest BCUT2D eigenvalue weighted by Crippen LogP contribution is 2.67. The maximum absolute atomic E-state index is 11.9. The number of fused-ring (bicyclic) bond motifs is 1. The molecule has 1 aromatic heterocycles. The van der Waals surface area contributed by atoms with Crippen LogP contribution in [0, 0.1) is 0 Å². The van der Waals surface area contributed by atoms with Crippen molar-refractivity contribution in [3.8, 4) is 0 Å². The minimum atomic E-state index is -1.93. The number of amides is 1. The van der Waals surface area contributed by atoms with E-state index >= 15 is 0 Å². The Balaban J connectivity index is 1.86. The van der Waals surface area contributed by atoms with E-state index < -0.39 is 33.5 Å². The molecule has 1 aliphatic heterocycles. The standard InChI is InChI=1S/C19H28N2O5S/c1-17(2,3)24-16(22)21-15-20-13-10-9-12(11-14(13)23-15)27(8)25-18(4,5)19(6,7)26-27/h9-11H,1-8H3,(H,20,21,22). The van der Waals surface area contributed by atoms with Crippen molar-refractivity contribution in [1.82, 2.24) is 4.98 Å². The molecule has 1 saturated heterocycles. The number of ether oxygens (including phenoxy) is 1. The second-order valence-electron chi connectivity index (χ2n) is 8.73. The third kappa shape index (κ3) is 3.93. The minimum absolute atomic E-state index is 0.0884. The van der Waals surface area contributed by atoms with Gasteiger partial charge in [-0.25, -0.2) is 10.1 Å². The Hall–Kier alpha value is -1.77. The molecule has 0 saturated carbocycles. The van der Waals surface area contributed by atoms with Crippen LogP contribution in [0.3, 0.4) is 0 Å². The molecule has 1 fully saturated rings. The van der Waals surface area contributed by atoms with Crippen molar-refractivity contribution in [2.24, 2.45) is 0 Å². The smallest absolute Gasteiger partial charge is 0.415 e. The molecule has 7 nitrogen and oxygen atoms in total. The van der Waals surface area contributed by atoms with Gasteiger partial charge in [0.15, 0.2) is 5.58 Å². The van der Waals surface area contributed by atoms with E-state index in [9.17, 15) is 4.79 Å². The lowest BCUT2D eigenvalue weighted by Gasteiger charge is -2.35. The van der Waals surface area contributed by atoms with Gasteiger partial charge < -0.3 is 9.15 Å². The van der Waals surface area contributed by atoms with Crippen molar-refractivity contribution in [3.05, 3.63) is 18.2 Å². The minimum Gasteiger partial charge on any atom is -0.443 e. The van der Waals surface area contributed by atoms with Crippen molar-refractivity contribution in [2.75, 3.05) is 11.6 Å². The normalized spacial score (nSPS) is 21.8. The predicted octanol–water partition coefficient (Wildman–Crippen LogP) is 5.40. The first-order chi connectivity index (χ1) is 12.2. The molecule has 0 radical (unpaired) electrons. The van der Waals surface area contributed by atoms with Crippen LogP contribution >= 0.6 is 10.6 Å². The fourth-order valence-electron chi connectivity index (χ4n) is 2.69. The summed E-state index contributed by atoms with van der Waals surface area (Å²) in [5.74, 6) is 0. The number of anilines is 1. The van der Waals surface area contributed by atoms with Gasteiger partial charge in [0.25, 0.3) is 0 Å². The maximum Gasteiger partial charge on any atom is 0.415 e. The molecular formula is C19H28N2O5S. The summed E-state index contributed by atoms with van der Waals surface area (Å²) < 4.78 is 23.5. The summed E-state index contributed by atoms with van der Waals surface area (Å²) in [4.78, 5) is 17.1. The average molecular weight is 397 g/mol. The molecule has 0 atom stereocenters. The van der Waals surface area contributed by atoms with E-state index in [4.69, 9.17) is 17.5 Å². The first kappa shape index (κ1) is 20.0. The lowest BCUT2D eigenvalue weighted by Crippen LogP contribution is -2.41. The van der Waals surface area contributed by atoms with E-state index in [1.165, 1.54) is 0 Å². The molecule has 1 aromatic carbocycles. The Morgan fingerprint density at radius 2 is 1.74 bits per heavy atom. The molecule has 0 spiro atoms. The Morgan fingerprint density at radius 3 is 2.30 bits per heavy atom. The number of nitrogens with one attached hydrogen (secondary N) is 1. The van der Waals surface area contributed by atoms with Gasteiger partial charge in [-0.05, 0) is 60.6 Å². The van der Waals surface area contributed by atoms with Gasteiger partial charge in [-0.15, -0.1) is 0 Å². The molecule has 8 heteroatoms. The highest BCUT2D eigenvalue weighted by molar-refractivity contribution is 8.25. The molecule has 1 aliphatic rings. The number of carbonyl (C=O) groups is 1. The number of benzene rings is 1. The van der Waals surface area contributed by atoms with Crippen molar-refractivity contribution in [3.63, 3.8) is 0 Å². The van der Waals surface area contributed by atoms with Gasteiger partial charge >= 0.3 is 12.1 Å². The molecule has 150 valence electrons. The molecule has 2 heterocycles. The lowest BCUT2D eigenvalue weighted by atomic mass is 9.90. The molecule has 0 unspecified atom stereocenters. The van der Waals surface area contributed by atoms with Crippen LogP contribution in [0.15, 0.2) is 27.5 Å². The highest BCUT2D eigenvalue weighted by Gasteiger charge is 2.52. The zero-order chi connectivity index (χ0) is 20.3. The Bertz CT molecular complexity index is 866. The summed E-state index contributed by atoms with van der Waals surface area (Å²) in [7, 11) is -1.93. The number of oxazole rings is 1. The second-order valence-corrected chi connectivity index (χ2v) is 11.1. The molecular weight excluding hydrogens is 368 g/mol. The van der Waals surface area contributed by atoms with Crippen molar-refractivity contribution >= 4 is 33.8 Å². The van der Waals surface area contributed by atoms with E-state index in [0.29, 0.717) is 11.1 Å². The summed E-state index contributed by atoms with van der Waals surface area (Å²) in [6.45, 7) is 13.5. The summed E-state index contributed by atoms with van der Waals surface area (Å²) in [6.07, 6.45) is 1.36. The molecule has 27 heavy (non-hydrogen) atoms. The van der Waals surface area contributed by atoms with Crippen molar-refractivity contribution in [1.29, 1.82) is 0 Å². The van der Waals surface area contributed by atoms with E-state index in [0.717, 1.165) is 4.90 Å². The molecule has 0 aliphatic carbocycles. The summed E-state index contributed by atoms with van der Waals surface area (Å²) in [5, 5.41) is 2.52. The van der Waals surface area contributed by atoms with Crippen LogP contribution in [-0.4, -0.2) is 34.1 Å². The first-order valence-corrected chi connectivity index (χ1v) is 10.7. The van der Waals surface area contributed by atoms with Crippen LogP contribution in [0.5, 0.6) is 0 Å². The number of hydrogen-bond donors (Lipinski definition) is 1. The van der Waals surface area contributed by atoms with Gasteiger partial charge in [-0.1, -0.05) is 0 Å². The van der Waals surface area contributed by atoms with Crippen LogP contribution in [0.1, 0.15) is 48.5 Å². The maximum atomic E-state index is 11.9. The van der Waals surface area contributed by atoms with Gasteiger partial charge in [0, 0.05) is 12.3 Å². The molecule has 3 rings (SSSR count). The zero-order valence-electron chi connectivity index (χ0n) is 17.1. The fraction of sp³-hybridized carbons (Fsp3) is 0.579. The Morgan fingerprint density at radius 1 is 1.15 bits per heavy atom. The van der Waals surface area contributed by atoms with Crippen LogP contribution in [-0.2, 0) is 13.1 Å². The highest BCUT2D eigenvalue weighted by atomic mass is 32.3. The molecule has 0 bridgehead atoms. The van der Waals surface area contributed by atoms with E-state index in [1.54, 1.807) is 20.8 Å². The van der Waals surface area contributed by atoms with E-state index in [-0.39, 0.29) is 6.01 Å². The topological polar surface area (TPSA) is 82.8 Å². The largest absolute Gasteiger partial charge is 0.443 e. The average Bonchev–Trinajstić information content (AvgIpc) is 2.91. The number of hydrogen-bond acceptors (Lipinski definition) is 6. The SMILES string of the molecule is CC(C)(C)OC(=O)Nc1nc2ccc(S3(C)OC(C)(C)C(C)(C)O3)cc2o1. The third-order valence-electron chi connectivity index (χ3n) is 4.58. The fourth-order valence-corrected chi connectivity index (χ4v) is 5.54. The van der Waals surface area contributed by atoms with E-state index in [1.807, 2.05) is 52.1 Å². The van der Waals surface area contributed by atoms with Crippen LogP contribution < -0.4 is 5.32 Å². The van der Waals surface area contributed by atoms with Crippen LogP contribution in [0.25, 0.3) is 11.1 Å².